The molecular formula is C10H21N3. The minimum absolute atomic E-state index is 0.308. The molecule has 0 aromatic carbocycles. The highest BCUT2D eigenvalue weighted by atomic mass is 15.2. The topological polar surface area (TPSA) is 53.1 Å². The van der Waals surface area contributed by atoms with E-state index in [1.807, 2.05) is 0 Å². The molecule has 1 heterocycles. The van der Waals surface area contributed by atoms with E-state index in [9.17, 15) is 0 Å². The molecule has 3 nitrogen and oxygen atoms in total. The summed E-state index contributed by atoms with van der Waals surface area (Å²) < 4.78 is 0. The van der Waals surface area contributed by atoms with Crippen molar-refractivity contribution in [2.24, 2.45) is 5.73 Å². The Morgan fingerprint density at radius 2 is 2.31 bits per heavy atom. The number of nitrogens with one attached hydrogen (secondary N) is 1. The zero-order valence-electron chi connectivity index (χ0n) is 8.55. The van der Waals surface area contributed by atoms with Crippen LogP contribution in [0.15, 0.2) is 0 Å². The Morgan fingerprint density at radius 3 is 2.92 bits per heavy atom. The Morgan fingerprint density at radius 1 is 1.54 bits per heavy atom. The summed E-state index contributed by atoms with van der Waals surface area (Å²) in [6, 6.07) is 0.683. The Balaban J connectivity index is 2.41. The molecule has 1 saturated heterocycles. The quantitative estimate of drug-likeness (QED) is 0.513. The molecule has 0 bridgehead atoms. The zero-order valence-corrected chi connectivity index (χ0v) is 8.55. The van der Waals surface area contributed by atoms with Gasteiger partial charge in [-0.1, -0.05) is 19.8 Å². The molecule has 0 spiro atoms. The van der Waals surface area contributed by atoms with Crippen LogP contribution >= 0.6 is 0 Å². The average molecular weight is 183 g/mol. The second kappa shape index (κ2) is 5.22. The van der Waals surface area contributed by atoms with Crippen LogP contribution < -0.4 is 5.73 Å². The molecule has 0 aliphatic carbocycles. The van der Waals surface area contributed by atoms with Gasteiger partial charge in [0, 0.05) is 6.04 Å². The smallest absolute Gasteiger partial charge is 0.105 e. The summed E-state index contributed by atoms with van der Waals surface area (Å²) in [7, 11) is 0. The van der Waals surface area contributed by atoms with Crippen LogP contribution in [0.3, 0.4) is 0 Å². The van der Waals surface area contributed by atoms with Crippen LogP contribution in [0.2, 0.25) is 0 Å². The highest BCUT2D eigenvalue weighted by molar-refractivity contribution is 5.78. The molecule has 1 atom stereocenters. The van der Waals surface area contributed by atoms with Gasteiger partial charge in [-0.25, -0.2) is 0 Å². The molecule has 1 unspecified atom stereocenters. The normalized spacial score (nSPS) is 24.5. The predicted molar refractivity (Wildman–Crippen MR) is 56.0 cm³/mol. The molecule has 0 aromatic heterocycles. The fourth-order valence-electron chi connectivity index (χ4n) is 2.15. The summed E-state index contributed by atoms with van der Waals surface area (Å²) in [4.78, 5) is 2.37. The van der Waals surface area contributed by atoms with Crippen molar-refractivity contribution >= 4 is 5.84 Å². The van der Waals surface area contributed by atoms with Crippen LogP contribution in [0.4, 0.5) is 0 Å². The van der Waals surface area contributed by atoms with Crippen LogP contribution in [0.1, 0.15) is 39.0 Å². The van der Waals surface area contributed by atoms with Crippen molar-refractivity contribution in [3.05, 3.63) is 0 Å². The lowest BCUT2D eigenvalue weighted by atomic mass is 9.98. The Bertz CT molecular complexity index is 166. The molecule has 13 heavy (non-hydrogen) atoms. The van der Waals surface area contributed by atoms with Crippen molar-refractivity contribution in [3.63, 3.8) is 0 Å². The van der Waals surface area contributed by atoms with E-state index < -0.39 is 0 Å². The Hall–Kier alpha value is -0.570. The van der Waals surface area contributed by atoms with E-state index in [0.29, 0.717) is 18.4 Å². The van der Waals surface area contributed by atoms with Crippen LogP contribution in [0.5, 0.6) is 0 Å². The first-order chi connectivity index (χ1) is 6.24. The number of piperidine rings is 1. The summed E-state index contributed by atoms with van der Waals surface area (Å²) >= 11 is 0. The van der Waals surface area contributed by atoms with Gasteiger partial charge in [-0.05, 0) is 25.8 Å². The summed E-state index contributed by atoms with van der Waals surface area (Å²) in [6.45, 7) is 4.02. The molecule has 1 rings (SSSR count). The van der Waals surface area contributed by atoms with Gasteiger partial charge in [0.25, 0.3) is 0 Å². The average Bonchev–Trinajstić information content (AvgIpc) is 2.08. The summed E-state index contributed by atoms with van der Waals surface area (Å²) in [5, 5.41) is 7.29. The van der Waals surface area contributed by atoms with E-state index in [1.165, 1.54) is 32.1 Å². The number of nitrogens with zero attached hydrogens (tertiary/aromatic N) is 1. The highest BCUT2D eigenvalue weighted by Crippen LogP contribution is 2.19. The number of amidine groups is 1. The molecule has 0 radical (unpaired) electrons. The molecule has 0 aromatic rings. The minimum atomic E-state index is 0.308. The van der Waals surface area contributed by atoms with E-state index in [0.717, 1.165) is 6.54 Å². The van der Waals surface area contributed by atoms with Gasteiger partial charge in [-0.2, -0.15) is 0 Å². The lowest BCUT2D eigenvalue weighted by Crippen LogP contribution is -2.43. The lowest BCUT2D eigenvalue weighted by molar-refractivity contribution is 0.160. The van der Waals surface area contributed by atoms with Crippen molar-refractivity contribution in [2.45, 2.75) is 45.1 Å². The number of hydrogen-bond acceptors (Lipinski definition) is 2. The molecule has 1 aliphatic rings. The number of nitrogens with two attached hydrogens (primary N) is 1. The second-order valence-corrected chi connectivity index (χ2v) is 3.93. The van der Waals surface area contributed by atoms with Crippen LogP contribution in [0, 0.1) is 5.41 Å². The van der Waals surface area contributed by atoms with E-state index in [1.54, 1.807) is 0 Å². The largest absolute Gasteiger partial charge is 0.387 e. The van der Waals surface area contributed by atoms with Crippen LogP contribution in [-0.4, -0.2) is 29.9 Å². The van der Waals surface area contributed by atoms with E-state index in [4.69, 9.17) is 11.1 Å². The van der Waals surface area contributed by atoms with Crippen molar-refractivity contribution in [1.82, 2.24) is 4.90 Å². The standard InChI is InChI=1S/C10H21N3/c1-2-5-9-6-3-4-7-13(9)8-10(11)12/h9H,2-8H2,1H3,(H3,11,12). The molecule has 1 fully saturated rings. The van der Waals surface area contributed by atoms with Gasteiger partial charge >= 0.3 is 0 Å². The third kappa shape index (κ3) is 3.35. The highest BCUT2D eigenvalue weighted by Gasteiger charge is 2.21. The van der Waals surface area contributed by atoms with Crippen molar-refractivity contribution < 1.29 is 0 Å². The SMILES string of the molecule is CCCC1CCCCN1CC(=N)N. The third-order valence-corrected chi connectivity index (χ3v) is 2.74. The van der Waals surface area contributed by atoms with Crippen LogP contribution in [0.25, 0.3) is 0 Å². The van der Waals surface area contributed by atoms with E-state index in [-0.39, 0.29) is 0 Å². The van der Waals surface area contributed by atoms with Gasteiger partial charge in [-0.15, -0.1) is 0 Å². The number of hydrogen-bond donors (Lipinski definition) is 2. The summed E-state index contributed by atoms with van der Waals surface area (Å²) in [5.41, 5.74) is 5.42. The summed E-state index contributed by atoms with van der Waals surface area (Å²) in [6.07, 6.45) is 6.40. The zero-order chi connectivity index (χ0) is 9.68. The number of likely N-dealkylation sites (tertiary alicyclic amines) is 1. The molecular weight excluding hydrogens is 162 g/mol. The first-order valence-corrected chi connectivity index (χ1v) is 5.31. The molecule has 0 amide bonds. The minimum Gasteiger partial charge on any atom is -0.387 e. The monoisotopic (exact) mass is 183 g/mol. The molecule has 1 aliphatic heterocycles. The maximum absolute atomic E-state index is 7.29. The van der Waals surface area contributed by atoms with Gasteiger partial charge in [-0.3, -0.25) is 10.3 Å². The van der Waals surface area contributed by atoms with Crippen molar-refractivity contribution in [1.29, 1.82) is 5.41 Å². The van der Waals surface area contributed by atoms with Gasteiger partial charge in [0.05, 0.1) is 6.54 Å². The Kier molecular flexibility index (Phi) is 4.22. The first-order valence-electron chi connectivity index (χ1n) is 5.31. The van der Waals surface area contributed by atoms with Gasteiger partial charge in [0.2, 0.25) is 0 Å². The first kappa shape index (κ1) is 10.5. The molecule has 3 N–H and O–H groups in total. The van der Waals surface area contributed by atoms with Gasteiger partial charge in [0.15, 0.2) is 0 Å². The molecule has 76 valence electrons. The van der Waals surface area contributed by atoms with Crippen molar-refractivity contribution in [3.8, 4) is 0 Å². The van der Waals surface area contributed by atoms with Gasteiger partial charge in [0.1, 0.15) is 5.84 Å². The third-order valence-electron chi connectivity index (χ3n) is 2.74. The Labute approximate surface area is 80.8 Å². The second-order valence-electron chi connectivity index (χ2n) is 3.93. The van der Waals surface area contributed by atoms with Gasteiger partial charge < -0.3 is 5.73 Å². The van der Waals surface area contributed by atoms with Crippen molar-refractivity contribution in [2.75, 3.05) is 13.1 Å². The fraction of sp³-hybridized carbons (Fsp3) is 0.900. The summed E-state index contributed by atoms with van der Waals surface area (Å²) in [5.74, 6) is 0.308. The number of rotatable bonds is 4. The van der Waals surface area contributed by atoms with Crippen LogP contribution in [-0.2, 0) is 0 Å². The predicted octanol–water partition coefficient (Wildman–Crippen LogP) is 1.58. The van der Waals surface area contributed by atoms with E-state index in [2.05, 4.69) is 11.8 Å². The molecule has 0 saturated carbocycles. The fourth-order valence-corrected chi connectivity index (χ4v) is 2.15. The maximum Gasteiger partial charge on any atom is 0.105 e. The lowest BCUT2D eigenvalue weighted by Gasteiger charge is -2.35. The maximum atomic E-state index is 7.29. The molecule has 3 heteroatoms. The van der Waals surface area contributed by atoms with E-state index >= 15 is 0 Å².